The number of carbonyl (C=O) groups is 1. The molecule has 0 bridgehead atoms. The van der Waals surface area contributed by atoms with Crippen LogP contribution in [0, 0.1) is 11.3 Å². The first kappa shape index (κ1) is 23.2. The van der Waals surface area contributed by atoms with Gasteiger partial charge >= 0.3 is 12.1 Å². The molecule has 1 aliphatic heterocycles. The average Bonchev–Trinajstić information content (AvgIpc) is 3.16. The zero-order chi connectivity index (χ0) is 24.5. The highest BCUT2D eigenvalue weighted by atomic mass is 19.4. The van der Waals surface area contributed by atoms with Gasteiger partial charge in [-0.2, -0.15) is 28.4 Å². The van der Waals surface area contributed by atoms with Gasteiger partial charge in [0.2, 0.25) is 11.8 Å². The molecular weight excluding hydrogens is 455 g/mol. The topological polar surface area (TPSA) is 132 Å². The van der Waals surface area contributed by atoms with Crippen LogP contribution in [-0.4, -0.2) is 50.4 Å². The predicted molar refractivity (Wildman–Crippen MR) is 114 cm³/mol. The number of esters is 1. The van der Waals surface area contributed by atoms with Crippen molar-refractivity contribution >= 4 is 23.1 Å². The predicted octanol–water partition coefficient (Wildman–Crippen LogP) is 1.50. The Morgan fingerprint density at radius 3 is 2.62 bits per heavy atom. The van der Waals surface area contributed by atoms with Crippen LogP contribution < -0.4 is 16.2 Å². The molecular formula is C21H20F3N7O3. The minimum Gasteiger partial charge on any atom is -0.437 e. The minimum atomic E-state index is -5.25. The Kier molecular flexibility index (Phi) is 6.25. The van der Waals surface area contributed by atoms with Crippen molar-refractivity contribution in [1.82, 2.24) is 19.1 Å². The lowest BCUT2D eigenvalue weighted by Crippen LogP contribution is -2.44. The van der Waals surface area contributed by atoms with Gasteiger partial charge in [0.25, 0.3) is 5.56 Å². The molecule has 3 heterocycles. The van der Waals surface area contributed by atoms with E-state index in [0.717, 1.165) is 18.4 Å². The molecule has 0 radical (unpaired) electrons. The molecule has 1 aromatic carbocycles. The Hall–Kier alpha value is -3.92. The van der Waals surface area contributed by atoms with E-state index in [0.29, 0.717) is 23.6 Å². The quantitative estimate of drug-likeness (QED) is 0.549. The SMILES string of the molecule is N#Cc1nc2nc(N3CCCC(N)C3)n(Cc3ccccc3)c2c(=O)n1COC(=O)C(F)(F)F. The van der Waals surface area contributed by atoms with Gasteiger partial charge in [-0.1, -0.05) is 30.3 Å². The van der Waals surface area contributed by atoms with Crippen molar-refractivity contribution in [3.05, 3.63) is 52.1 Å². The number of rotatable bonds is 5. The Bertz CT molecular complexity index is 1310. The monoisotopic (exact) mass is 475 g/mol. The number of nitrogens with two attached hydrogens (primary N) is 1. The highest BCUT2D eigenvalue weighted by Crippen LogP contribution is 2.24. The average molecular weight is 475 g/mol. The highest BCUT2D eigenvalue weighted by molar-refractivity contribution is 5.76. The van der Waals surface area contributed by atoms with E-state index in [1.807, 2.05) is 35.2 Å². The maximum atomic E-state index is 13.3. The number of aromatic nitrogens is 4. The molecule has 0 spiro atoms. The number of hydrogen-bond acceptors (Lipinski definition) is 8. The summed E-state index contributed by atoms with van der Waals surface area (Å²) in [7, 11) is 0. The number of anilines is 1. The lowest BCUT2D eigenvalue weighted by molar-refractivity contribution is -0.203. The van der Waals surface area contributed by atoms with E-state index >= 15 is 0 Å². The number of benzene rings is 1. The maximum absolute atomic E-state index is 13.3. The molecule has 0 aliphatic carbocycles. The molecule has 13 heteroatoms. The van der Waals surface area contributed by atoms with E-state index < -0.39 is 30.3 Å². The molecule has 0 saturated carbocycles. The number of nitriles is 1. The Morgan fingerprint density at radius 2 is 1.97 bits per heavy atom. The summed E-state index contributed by atoms with van der Waals surface area (Å²) in [6.45, 7) is 0.210. The van der Waals surface area contributed by atoms with E-state index in [9.17, 15) is 28.0 Å². The van der Waals surface area contributed by atoms with Crippen LogP contribution in [0.3, 0.4) is 0 Å². The summed E-state index contributed by atoms with van der Waals surface area (Å²) in [5, 5.41) is 9.43. The van der Waals surface area contributed by atoms with E-state index in [4.69, 9.17) is 5.73 Å². The lowest BCUT2D eigenvalue weighted by atomic mass is 10.1. The van der Waals surface area contributed by atoms with Crippen molar-refractivity contribution < 1.29 is 22.7 Å². The largest absolute Gasteiger partial charge is 0.490 e. The second-order valence-corrected chi connectivity index (χ2v) is 7.84. The Morgan fingerprint density at radius 1 is 1.24 bits per heavy atom. The number of imidazole rings is 1. The summed E-state index contributed by atoms with van der Waals surface area (Å²) < 4.78 is 44.1. The van der Waals surface area contributed by atoms with Gasteiger partial charge in [-0.3, -0.25) is 9.36 Å². The van der Waals surface area contributed by atoms with Gasteiger partial charge in [-0.15, -0.1) is 0 Å². The van der Waals surface area contributed by atoms with Crippen LogP contribution in [0.1, 0.15) is 24.2 Å². The molecule has 4 rings (SSSR count). The summed E-state index contributed by atoms with van der Waals surface area (Å²) in [5.41, 5.74) is 6.04. The fraction of sp³-hybridized carbons (Fsp3) is 0.381. The standard InChI is InChI=1S/C21H20F3N7O3/c22-21(23,24)19(33)34-12-31-15(9-25)27-17-16(18(31)32)30(10-13-5-2-1-3-6-13)20(28-17)29-8-4-7-14(26)11-29/h1-3,5-6,14H,4,7-8,10-12,26H2. The van der Waals surface area contributed by atoms with Crippen LogP contribution in [0.25, 0.3) is 11.2 Å². The van der Waals surface area contributed by atoms with Crippen LogP contribution in [0.4, 0.5) is 19.1 Å². The minimum absolute atomic E-state index is 0.0277. The van der Waals surface area contributed by atoms with Crippen molar-refractivity contribution in [2.75, 3.05) is 18.0 Å². The molecule has 1 atom stereocenters. The zero-order valence-electron chi connectivity index (χ0n) is 17.8. The van der Waals surface area contributed by atoms with Gasteiger partial charge in [0.15, 0.2) is 17.9 Å². The molecule has 34 heavy (non-hydrogen) atoms. The van der Waals surface area contributed by atoms with Crippen LogP contribution in [0.15, 0.2) is 35.1 Å². The molecule has 1 saturated heterocycles. The van der Waals surface area contributed by atoms with E-state index in [1.165, 1.54) is 0 Å². The van der Waals surface area contributed by atoms with Gasteiger partial charge in [0, 0.05) is 19.1 Å². The number of piperidine rings is 1. The van der Waals surface area contributed by atoms with Gasteiger partial charge in [0.1, 0.15) is 6.07 Å². The normalized spacial score (nSPS) is 16.4. The van der Waals surface area contributed by atoms with Crippen molar-refractivity contribution in [3.8, 4) is 6.07 Å². The van der Waals surface area contributed by atoms with Crippen LogP contribution in [0.2, 0.25) is 0 Å². The van der Waals surface area contributed by atoms with Crippen LogP contribution >= 0.6 is 0 Å². The number of nitrogens with zero attached hydrogens (tertiary/aromatic N) is 6. The van der Waals surface area contributed by atoms with Crippen molar-refractivity contribution in [1.29, 1.82) is 5.26 Å². The number of hydrogen-bond donors (Lipinski definition) is 1. The molecule has 0 amide bonds. The number of carbonyl (C=O) groups excluding carboxylic acids is 1. The number of alkyl halides is 3. The summed E-state index contributed by atoms with van der Waals surface area (Å²) >= 11 is 0. The smallest absolute Gasteiger partial charge is 0.437 e. The third kappa shape index (κ3) is 4.58. The summed E-state index contributed by atoms with van der Waals surface area (Å²) in [6.07, 6.45) is -3.60. The van der Waals surface area contributed by atoms with E-state index in [2.05, 4.69) is 14.7 Å². The number of halogens is 3. The summed E-state index contributed by atoms with van der Waals surface area (Å²) in [6, 6.07) is 10.7. The Balaban J connectivity index is 1.85. The van der Waals surface area contributed by atoms with Gasteiger partial charge in [-0.25, -0.2) is 9.36 Å². The maximum Gasteiger partial charge on any atom is 0.490 e. The molecule has 1 unspecified atom stereocenters. The molecule has 2 N–H and O–H groups in total. The molecule has 2 aromatic heterocycles. The highest BCUT2D eigenvalue weighted by Gasteiger charge is 2.41. The third-order valence-electron chi connectivity index (χ3n) is 5.42. The molecule has 1 aliphatic rings. The van der Waals surface area contributed by atoms with Gasteiger partial charge < -0.3 is 15.4 Å². The van der Waals surface area contributed by atoms with Crippen LogP contribution in [0.5, 0.6) is 0 Å². The Labute approximate surface area is 191 Å². The third-order valence-corrected chi connectivity index (χ3v) is 5.42. The lowest BCUT2D eigenvalue weighted by Gasteiger charge is -2.31. The summed E-state index contributed by atoms with van der Waals surface area (Å²) in [4.78, 5) is 35.0. The van der Waals surface area contributed by atoms with Crippen LogP contribution in [-0.2, 0) is 22.8 Å². The second kappa shape index (κ2) is 9.14. The van der Waals surface area contributed by atoms with E-state index in [1.54, 1.807) is 10.6 Å². The van der Waals surface area contributed by atoms with Gasteiger partial charge in [0.05, 0.1) is 6.54 Å². The fourth-order valence-corrected chi connectivity index (χ4v) is 3.86. The van der Waals surface area contributed by atoms with Crippen molar-refractivity contribution in [2.45, 2.75) is 38.3 Å². The molecule has 3 aromatic rings. The van der Waals surface area contributed by atoms with E-state index in [-0.39, 0.29) is 23.8 Å². The second-order valence-electron chi connectivity index (χ2n) is 7.84. The molecule has 178 valence electrons. The fourth-order valence-electron chi connectivity index (χ4n) is 3.86. The number of ether oxygens (including phenoxy) is 1. The van der Waals surface area contributed by atoms with Crippen molar-refractivity contribution in [2.24, 2.45) is 5.73 Å². The first-order valence-corrected chi connectivity index (χ1v) is 10.4. The summed E-state index contributed by atoms with van der Waals surface area (Å²) in [5.74, 6) is -2.60. The number of fused-ring (bicyclic) bond motifs is 1. The first-order chi connectivity index (χ1) is 16.2. The zero-order valence-corrected chi connectivity index (χ0v) is 17.8. The van der Waals surface area contributed by atoms with Gasteiger partial charge in [-0.05, 0) is 18.4 Å². The first-order valence-electron chi connectivity index (χ1n) is 10.4. The molecule has 1 fully saturated rings. The van der Waals surface area contributed by atoms with Crippen molar-refractivity contribution in [3.63, 3.8) is 0 Å². The molecule has 10 nitrogen and oxygen atoms in total.